The highest BCUT2D eigenvalue weighted by molar-refractivity contribution is 6.12. The molecule has 0 unspecified atom stereocenters. The number of benzene rings is 4. The summed E-state index contributed by atoms with van der Waals surface area (Å²) in [6.45, 7) is 2.03. The van der Waals surface area contributed by atoms with Gasteiger partial charge in [-0.25, -0.2) is 4.98 Å². The molecule has 140 valence electrons. The van der Waals surface area contributed by atoms with Crippen molar-refractivity contribution in [3.05, 3.63) is 96.1 Å². The summed E-state index contributed by atoms with van der Waals surface area (Å²) < 4.78 is 5.85. The Labute approximate surface area is 167 Å². The molecule has 4 nitrogen and oxygen atoms in total. The van der Waals surface area contributed by atoms with Crippen LogP contribution in [0.4, 0.5) is 5.69 Å². The first kappa shape index (κ1) is 17.2. The van der Waals surface area contributed by atoms with Gasteiger partial charge in [-0.3, -0.25) is 4.79 Å². The SMILES string of the molecule is Cc1ccc2oc(-c3ccc(NC(=O)c4cccc5ccccc45)cc3)nc2c1. The van der Waals surface area contributed by atoms with Crippen LogP contribution in [0, 0.1) is 6.92 Å². The third kappa shape index (κ3) is 3.25. The highest BCUT2D eigenvalue weighted by Crippen LogP contribution is 2.26. The number of nitrogens with zero attached hydrogens (tertiary/aromatic N) is 1. The van der Waals surface area contributed by atoms with Gasteiger partial charge in [-0.1, -0.05) is 42.5 Å². The fraction of sp³-hybridized carbons (Fsp3) is 0.0400. The Morgan fingerprint density at radius 3 is 2.55 bits per heavy atom. The predicted molar refractivity (Wildman–Crippen MR) is 116 cm³/mol. The molecule has 1 N–H and O–H groups in total. The van der Waals surface area contributed by atoms with Crippen molar-refractivity contribution in [1.82, 2.24) is 4.98 Å². The van der Waals surface area contributed by atoms with E-state index in [4.69, 9.17) is 4.42 Å². The van der Waals surface area contributed by atoms with Gasteiger partial charge in [-0.15, -0.1) is 0 Å². The summed E-state index contributed by atoms with van der Waals surface area (Å²) in [6.07, 6.45) is 0. The molecule has 0 saturated carbocycles. The molecule has 0 aliphatic rings. The summed E-state index contributed by atoms with van der Waals surface area (Å²) in [6, 6.07) is 27.1. The van der Waals surface area contributed by atoms with E-state index in [2.05, 4.69) is 10.3 Å². The third-order valence-corrected chi connectivity index (χ3v) is 4.97. The quantitative estimate of drug-likeness (QED) is 0.406. The summed E-state index contributed by atoms with van der Waals surface area (Å²) in [7, 11) is 0. The second kappa shape index (κ2) is 6.91. The molecule has 0 spiro atoms. The second-order valence-electron chi connectivity index (χ2n) is 7.05. The number of amides is 1. The molecule has 1 aromatic heterocycles. The lowest BCUT2D eigenvalue weighted by molar-refractivity contribution is 0.102. The number of nitrogens with one attached hydrogen (secondary N) is 1. The molecule has 4 heteroatoms. The van der Waals surface area contributed by atoms with Gasteiger partial charge in [0.15, 0.2) is 5.58 Å². The van der Waals surface area contributed by atoms with E-state index in [0.717, 1.165) is 38.7 Å². The van der Waals surface area contributed by atoms with Crippen LogP contribution in [0.5, 0.6) is 0 Å². The van der Waals surface area contributed by atoms with Crippen LogP contribution in [0.15, 0.2) is 89.3 Å². The fourth-order valence-electron chi connectivity index (χ4n) is 3.48. The Hall–Kier alpha value is -3.92. The normalized spacial score (nSPS) is 11.1. The van der Waals surface area contributed by atoms with Gasteiger partial charge in [0.25, 0.3) is 5.91 Å². The standard InChI is InChI=1S/C25H18N2O2/c1-16-9-14-23-22(15-16)27-25(29-23)18-10-12-19(13-11-18)26-24(28)21-8-4-6-17-5-2-3-7-20(17)21/h2-15H,1H3,(H,26,28). The molecule has 1 heterocycles. The van der Waals surface area contributed by atoms with Crippen molar-refractivity contribution in [2.45, 2.75) is 6.92 Å². The first-order valence-corrected chi connectivity index (χ1v) is 9.44. The first-order chi connectivity index (χ1) is 14.2. The number of carbonyl (C=O) groups excluding carboxylic acids is 1. The molecule has 0 fully saturated rings. The number of carbonyl (C=O) groups is 1. The van der Waals surface area contributed by atoms with Crippen LogP contribution in [0.3, 0.4) is 0 Å². The average Bonchev–Trinajstić information content (AvgIpc) is 3.17. The van der Waals surface area contributed by atoms with Crippen molar-refractivity contribution in [1.29, 1.82) is 0 Å². The van der Waals surface area contributed by atoms with Gasteiger partial charge in [0.05, 0.1) is 0 Å². The highest BCUT2D eigenvalue weighted by atomic mass is 16.3. The van der Waals surface area contributed by atoms with E-state index < -0.39 is 0 Å². The minimum atomic E-state index is -0.133. The molecular weight excluding hydrogens is 360 g/mol. The van der Waals surface area contributed by atoms with Crippen LogP contribution in [0.1, 0.15) is 15.9 Å². The van der Waals surface area contributed by atoms with Gasteiger partial charge in [0.2, 0.25) is 5.89 Å². The van der Waals surface area contributed by atoms with Gasteiger partial charge in [0.1, 0.15) is 5.52 Å². The number of anilines is 1. The van der Waals surface area contributed by atoms with E-state index in [1.165, 1.54) is 0 Å². The molecule has 1 amide bonds. The zero-order valence-corrected chi connectivity index (χ0v) is 15.8. The van der Waals surface area contributed by atoms with E-state index >= 15 is 0 Å². The average molecular weight is 378 g/mol. The van der Waals surface area contributed by atoms with Crippen molar-refractivity contribution < 1.29 is 9.21 Å². The van der Waals surface area contributed by atoms with Crippen LogP contribution in [-0.2, 0) is 0 Å². The summed E-state index contributed by atoms with van der Waals surface area (Å²) in [5.41, 5.74) is 4.98. The highest BCUT2D eigenvalue weighted by Gasteiger charge is 2.11. The zero-order chi connectivity index (χ0) is 19.8. The minimum Gasteiger partial charge on any atom is -0.436 e. The van der Waals surface area contributed by atoms with Gasteiger partial charge < -0.3 is 9.73 Å². The fourth-order valence-corrected chi connectivity index (χ4v) is 3.48. The van der Waals surface area contributed by atoms with E-state index in [1.54, 1.807) is 0 Å². The van der Waals surface area contributed by atoms with Crippen LogP contribution in [0.2, 0.25) is 0 Å². The van der Waals surface area contributed by atoms with Gasteiger partial charge in [-0.05, 0) is 65.7 Å². The Morgan fingerprint density at radius 1 is 0.897 bits per heavy atom. The lowest BCUT2D eigenvalue weighted by atomic mass is 10.0. The number of rotatable bonds is 3. The molecular formula is C25H18N2O2. The summed E-state index contributed by atoms with van der Waals surface area (Å²) in [4.78, 5) is 17.4. The Balaban J connectivity index is 1.40. The van der Waals surface area contributed by atoms with Gasteiger partial charge >= 0.3 is 0 Å². The molecule has 0 radical (unpaired) electrons. The Bertz CT molecular complexity index is 1350. The summed E-state index contributed by atoms with van der Waals surface area (Å²) in [5.74, 6) is 0.435. The largest absolute Gasteiger partial charge is 0.436 e. The van der Waals surface area contributed by atoms with Crippen molar-refractivity contribution in [3.63, 3.8) is 0 Å². The molecule has 4 aromatic carbocycles. The van der Waals surface area contributed by atoms with Crippen molar-refractivity contribution in [2.24, 2.45) is 0 Å². The Morgan fingerprint density at radius 2 is 1.69 bits per heavy atom. The van der Waals surface area contributed by atoms with Gasteiger partial charge in [-0.2, -0.15) is 0 Å². The van der Waals surface area contributed by atoms with Crippen LogP contribution < -0.4 is 5.32 Å². The maximum Gasteiger partial charge on any atom is 0.256 e. The third-order valence-electron chi connectivity index (χ3n) is 4.97. The summed E-state index contributed by atoms with van der Waals surface area (Å²) >= 11 is 0. The summed E-state index contributed by atoms with van der Waals surface area (Å²) in [5, 5.41) is 4.95. The number of hydrogen-bond acceptors (Lipinski definition) is 3. The predicted octanol–water partition coefficient (Wildman–Crippen LogP) is 6.21. The van der Waals surface area contributed by atoms with Crippen molar-refractivity contribution in [3.8, 4) is 11.5 Å². The topological polar surface area (TPSA) is 55.1 Å². The van der Waals surface area contributed by atoms with Gasteiger partial charge in [0, 0.05) is 16.8 Å². The maximum absolute atomic E-state index is 12.8. The monoisotopic (exact) mass is 378 g/mol. The molecule has 0 saturated heterocycles. The number of aryl methyl sites for hydroxylation is 1. The van der Waals surface area contributed by atoms with E-state index in [9.17, 15) is 4.79 Å². The smallest absolute Gasteiger partial charge is 0.256 e. The molecule has 0 bridgehead atoms. The molecule has 0 aliphatic carbocycles. The van der Waals surface area contributed by atoms with Crippen molar-refractivity contribution in [2.75, 3.05) is 5.32 Å². The second-order valence-corrected chi connectivity index (χ2v) is 7.05. The number of aromatic nitrogens is 1. The van der Waals surface area contributed by atoms with E-state index in [1.807, 2.05) is 91.9 Å². The molecule has 5 aromatic rings. The van der Waals surface area contributed by atoms with Crippen molar-refractivity contribution >= 4 is 33.5 Å². The lowest BCUT2D eigenvalue weighted by Crippen LogP contribution is -2.12. The molecule has 0 aliphatic heterocycles. The lowest BCUT2D eigenvalue weighted by Gasteiger charge is -2.08. The molecule has 29 heavy (non-hydrogen) atoms. The first-order valence-electron chi connectivity index (χ1n) is 9.44. The Kier molecular flexibility index (Phi) is 4.10. The zero-order valence-electron chi connectivity index (χ0n) is 15.8. The minimum absolute atomic E-state index is 0.133. The molecule has 0 atom stereocenters. The number of hydrogen-bond donors (Lipinski definition) is 1. The maximum atomic E-state index is 12.8. The van der Waals surface area contributed by atoms with Crippen LogP contribution in [0.25, 0.3) is 33.3 Å². The number of fused-ring (bicyclic) bond motifs is 2. The van der Waals surface area contributed by atoms with E-state index in [0.29, 0.717) is 11.5 Å². The van der Waals surface area contributed by atoms with Crippen LogP contribution in [-0.4, -0.2) is 10.9 Å². The number of oxazole rings is 1. The van der Waals surface area contributed by atoms with Crippen LogP contribution >= 0.6 is 0 Å². The van der Waals surface area contributed by atoms with E-state index in [-0.39, 0.29) is 5.91 Å². The molecule has 5 rings (SSSR count).